The van der Waals surface area contributed by atoms with Gasteiger partial charge in [0, 0.05) is 58.3 Å². The maximum Gasteiger partial charge on any atom is 0.270 e. The Hall–Kier alpha value is -3.73. The Morgan fingerprint density at radius 2 is 1.55 bits per heavy atom. The molecule has 3 N–H and O–H groups in total. The summed E-state index contributed by atoms with van der Waals surface area (Å²) in [6.07, 6.45) is 8.53. The van der Waals surface area contributed by atoms with Gasteiger partial charge in [-0.2, -0.15) is 5.10 Å². The van der Waals surface area contributed by atoms with Gasteiger partial charge in [0.1, 0.15) is 17.8 Å². The fraction of sp³-hybridized carbons (Fsp3) is 0.606. The first-order valence-electron chi connectivity index (χ1n) is 16.2. The molecule has 11 nitrogen and oxygen atoms in total. The van der Waals surface area contributed by atoms with Crippen molar-refractivity contribution < 1.29 is 19.2 Å². The molecule has 0 spiro atoms. The lowest BCUT2D eigenvalue weighted by Crippen LogP contribution is -2.54. The van der Waals surface area contributed by atoms with E-state index in [-0.39, 0.29) is 29.5 Å². The van der Waals surface area contributed by atoms with E-state index in [1.807, 2.05) is 43.1 Å². The van der Waals surface area contributed by atoms with Crippen LogP contribution < -0.4 is 16.0 Å². The van der Waals surface area contributed by atoms with Gasteiger partial charge in [0.2, 0.25) is 17.7 Å². The molecule has 0 radical (unpaired) electrons. The Morgan fingerprint density at radius 1 is 0.886 bits per heavy atom. The van der Waals surface area contributed by atoms with Crippen LogP contribution in [0.2, 0.25) is 0 Å². The van der Waals surface area contributed by atoms with E-state index < -0.39 is 12.1 Å². The van der Waals surface area contributed by atoms with Crippen molar-refractivity contribution in [3.8, 4) is 0 Å². The molecule has 1 saturated heterocycles. The predicted octanol–water partition coefficient (Wildman–Crippen LogP) is 2.50. The van der Waals surface area contributed by atoms with Crippen LogP contribution >= 0.6 is 0 Å². The summed E-state index contributed by atoms with van der Waals surface area (Å²) in [5.74, 6) is -0.586. The van der Waals surface area contributed by atoms with Crippen molar-refractivity contribution in [3.63, 3.8) is 0 Å². The van der Waals surface area contributed by atoms with Crippen LogP contribution in [-0.4, -0.2) is 88.5 Å². The molecule has 44 heavy (non-hydrogen) atoms. The van der Waals surface area contributed by atoms with Crippen LogP contribution in [0.15, 0.2) is 36.5 Å². The topological polar surface area (TPSA) is 129 Å². The minimum Gasteiger partial charge on any atom is -0.350 e. The highest BCUT2D eigenvalue weighted by molar-refractivity contribution is 5.96. The average molecular weight is 608 g/mol. The van der Waals surface area contributed by atoms with Gasteiger partial charge in [0.25, 0.3) is 5.91 Å². The standard InChI is InChI=1S/C33H49N7O4/c1-4-29(41)36-27(33(44)39-20-18-38(3)19-21-39)22-24-12-14-25(15-13-24)23-34-32(43)30(26-10-8-6-7-9-11-26)37-31(42)28-16-17-35-40(28)5-2/h12-17,26-27,30H,4-11,18-23H2,1-3H3,(H,34,43)(H,36,41)(H,37,42). The lowest BCUT2D eigenvalue weighted by Gasteiger charge is -2.34. The maximum atomic E-state index is 13.5. The van der Waals surface area contributed by atoms with Crippen LogP contribution in [0, 0.1) is 5.92 Å². The summed E-state index contributed by atoms with van der Waals surface area (Å²) in [6.45, 7) is 7.53. The number of carbonyl (C=O) groups excluding carboxylic acids is 4. The van der Waals surface area contributed by atoms with E-state index in [1.54, 1.807) is 23.9 Å². The number of piperazine rings is 1. The van der Waals surface area contributed by atoms with E-state index >= 15 is 0 Å². The number of likely N-dealkylation sites (N-methyl/N-ethyl adjacent to an activating group) is 1. The first-order chi connectivity index (χ1) is 21.3. The van der Waals surface area contributed by atoms with E-state index in [0.717, 1.165) is 62.7 Å². The van der Waals surface area contributed by atoms with E-state index in [0.29, 0.717) is 44.7 Å². The third-order valence-electron chi connectivity index (χ3n) is 8.89. The first kappa shape index (κ1) is 33.2. The van der Waals surface area contributed by atoms with Crippen molar-refractivity contribution in [3.05, 3.63) is 53.3 Å². The van der Waals surface area contributed by atoms with E-state index in [1.165, 1.54) is 0 Å². The molecular formula is C33H49N7O4. The highest BCUT2D eigenvalue weighted by atomic mass is 16.2. The molecule has 4 rings (SSSR count). The summed E-state index contributed by atoms with van der Waals surface area (Å²) in [5.41, 5.74) is 2.30. The molecule has 1 aromatic heterocycles. The third kappa shape index (κ3) is 9.14. The number of aromatic nitrogens is 2. The van der Waals surface area contributed by atoms with Gasteiger partial charge < -0.3 is 25.8 Å². The quantitative estimate of drug-likeness (QED) is 0.318. The van der Waals surface area contributed by atoms with Crippen LogP contribution in [0.4, 0.5) is 0 Å². The molecule has 0 bridgehead atoms. The summed E-state index contributed by atoms with van der Waals surface area (Å²) >= 11 is 0. The number of hydrogen-bond donors (Lipinski definition) is 3. The summed E-state index contributed by atoms with van der Waals surface area (Å²) < 4.78 is 1.63. The number of amides is 4. The number of nitrogens with zero attached hydrogens (tertiary/aromatic N) is 4. The Kier molecular flexibility index (Phi) is 12.3. The largest absolute Gasteiger partial charge is 0.350 e. The Balaban J connectivity index is 1.39. The molecule has 2 heterocycles. The number of rotatable bonds is 12. The fourth-order valence-electron chi connectivity index (χ4n) is 6.11. The minimum absolute atomic E-state index is 0.0511. The normalized spacial score (nSPS) is 17.8. The molecule has 240 valence electrons. The van der Waals surface area contributed by atoms with Crippen LogP contribution in [0.1, 0.15) is 80.4 Å². The number of benzene rings is 1. The van der Waals surface area contributed by atoms with Gasteiger partial charge in [-0.15, -0.1) is 0 Å². The minimum atomic E-state index is -0.622. The van der Waals surface area contributed by atoms with Crippen LogP contribution in [-0.2, 0) is 33.9 Å². The molecule has 4 amide bonds. The van der Waals surface area contributed by atoms with Crippen molar-refractivity contribution in [2.45, 2.75) is 90.4 Å². The van der Waals surface area contributed by atoms with Gasteiger partial charge in [-0.1, -0.05) is 56.9 Å². The monoisotopic (exact) mass is 607 g/mol. The predicted molar refractivity (Wildman–Crippen MR) is 169 cm³/mol. The SMILES string of the molecule is CCC(=O)NC(Cc1ccc(CNC(=O)C(NC(=O)c2ccnn2CC)C2CCCCCC2)cc1)C(=O)N1CCN(C)CC1. The Morgan fingerprint density at radius 3 is 2.18 bits per heavy atom. The number of hydrogen-bond acceptors (Lipinski definition) is 6. The molecular weight excluding hydrogens is 558 g/mol. The molecule has 11 heteroatoms. The van der Waals surface area contributed by atoms with Crippen LogP contribution in [0.5, 0.6) is 0 Å². The summed E-state index contributed by atoms with van der Waals surface area (Å²) in [4.78, 5) is 56.3. The summed E-state index contributed by atoms with van der Waals surface area (Å²) in [5, 5.41) is 13.2. The number of carbonyl (C=O) groups is 4. The molecule has 2 aromatic rings. The second-order valence-corrected chi connectivity index (χ2v) is 12.1. The van der Waals surface area contributed by atoms with Crippen molar-refractivity contribution in [1.29, 1.82) is 0 Å². The zero-order valence-electron chi connectivity index (χ0n) is 26.5. The summed E-state index contributed by atoms with van der Waals surface area (Å²) in [7, 11) is 2.04. The molecule has 2 fully saturated rings. The van der Waals surface area contributed by atoms with Gasteiger partial charge >= 0.3 is 0 Å². The van der Waals surface area contributed by atoms with E-state index in [4.69, 9.17) is 0 Å². The van der Waals surface area contributed by atoms with E-state index in [9.17, 15) is 19.2 Å². The maximum absolute atomic E-state index is 13.5. The van der Waals surface area contributed by atoms with Gasteiger partial charge in [-0.25, -0.2) is 0 Å². The smallest absolute Gasteiger partial charge is 0.270 e. The van der Waals surface area contributed by atoms with Crippen LogP contribution in [0.3, 0.4) is 0 Å². The Labute approximate surface area is 261 Å². The summed E-state index contributed by atoms with van der Waals surface area (Å²) in [6, 6.07) is 8.20. The second kappa shape index (κ2) is 16.4. The van der Waals surface area contributed by atoms with Gasteiger partial charge in [0.05, 0.1) is 0 Å². The lowest BCUT2D eigenvalue weighted by molar-refractivity contribution is -0.137. The molecule has 1 aromatic carbocycles. The third-order valence-corrected chi connectivity index (χ3v) is 8.89. The molecule has 2 aliphatic rings. The highest BCUT2D eigenvalue weighted by Crippen LogP contribution is 2.26. The highest BCUT2D eigenvalue weighted by Gasteiger charge is 2.31. The zero-order chi connectivity index (χ0) is 31.5. The molecule has 2 unspecified atom stereocenters. The average Bonchev–Trinajstić information content (AvgIpc) is 3.37. The van der Waals surface area contributed by atoms with Gasteiger partial charge in [0.15, 0.2) is 0 Å². The van der Waals surface area contributed by atoms with Crippen molar-refractivity contribution in [1.82, 2.24) is 35.5 Å². The molecule has 2 atom stereocenters. The van der Waals surface area contributed by atoms with Gasteiger partial charge in [-0.05, 0) is 49.9 Å². The van der Waals surface area contributed by atoms with Gasteiger partial charge in [-0.3, -0.25) is 23.9 Å². The Bertz CT molecular complexity index is 1250. The second-order valence-electron chi connectivity index (χ2n) is 12.1. The van der Waals surface area contributed by atoms with Crippen molar-refractivity contribution >= 4 is 23.6 Å². The van der Waals surface area contributed by atoms with Crippen molar-refractivity contribution in [2.24, 2.45) is 5.92 Å². The zero-order valence-corrected chi connectivity index (χ0v) is 26.5. The number of nitrogens with one attached hydrogen (secondary N) is 3. The fourth-order valence-corrected chi connectivity index (χ4v) is 6.11. The lowest BCUT2D eigenvalue weighted by atomic mass is 9.91. The molecule has 1 saturated carbocycles. The molecule has 1 aliphatic carbocycles. The van der Waals surface area contributed by atoms with E-state index in [2.05, 4.69) is 25.9 Å². The van der Waals surface area contributed by atoms with Crippen molar-refractivity contribution in [2.75, 3.05) is 33.2 Å². The van der Waals surface area contributed by atoms with Crippen LogP contribution in [0.25, 0.3) is 0 Å². The first-order valence-corrected chi connectivity index (χ1v) is 16.2. The number of aryl methyl sites for hydroxylation is 1. The molecule has 1 aliphatic heterocycles.